The molecule has 2 aromatic rings. The summed E-state index contributed by atoms with van der Waals surface area (Å²) in [7, 11) is 0. The molecule has 1 aliphatic heterocycles. The van der Waals surface area contributed by atoms with Crippen molar-refractivity contribution in [1.29, 1.82) is 0 Å². The summed E-state index contributed by atoms with van der Waals surface area (Å²) in [6.45, 7) is 4.96. The Morgan fingerprint density at radius 3 is 2.79 bits per heavy atom. The fourth-order valence-electron chi connectivity index (χ4n) is 2.33. The first-order valence-electron chi connectivity index (χ1n) is 7.97. The second kappa shape index (κ2) is 7.21. The van der Waals surface area contributed by atoms with Crippen molar-refractivity contribution in [2.24, 2.45) is 5.92 Å². The van der Waals surface area contributed by atoms with E-state index in [9.17, 15) is 4.79 Å². The number of hydrogen-bond donors (Lipinski definition) is 0. The lowest BCUT2D eigenvalue weighted by Gasteiger charge is -2.11. The number of carbonyl (C=O) groups is 1. The zero-order chi connectivity index (χ0) is 16.9. The molecule has 0 bridgehead atoms. The molecule has 0 saturated heterocycles. The zero-order valence-electron chi connectivity index (χ0n) is 13.8. The van der Waals surface area contributed by atoms with Gasteiger partial charge in [0.05, 0.1) is 12.2 Å². The van der Waals surface area contributed by atoms with Crippen LogP contribution in [0, 0.1) is 5.92 Å². The minimum Gasteiger partial charge on any atom is -0.493 e. The van der Waals surface area contributed by atoms with Gasteiger partial charge in [-0.1, -0.05) is 38.1 Å². The lowest BCUT2D eigenvalue weighted by Crippen LogP contribution is -2.07. The van der Waals surface area contributed by atoms with Crippen molar-refractivity contribution in [1.82, 2.24) is 0 Å². The molecule has 0 radical (unpaired) electrons. The molecule has 1 heterocycles. The molecule has 0 unspecified atom stereocenters. The van der Waals surface area contributed by atoms with Crippen LogP contribution >= 0.6 is 0 Å². The Morgan fingerprint density at radius 2 is 1.96 bits per heavy atom. The first-order chi connectivity index (χ1) is 11.6. The van der Waals surface area contributed by atoms with Crippen LogP contribution in [0.5, 0.6) is 17.2 Å². The SMILES string of the molecule is CC(C)COc1ccccc1C(=O)C=Cc1ccc2c(c1)OCO2. The lowest BCUT2D eigenvalue weighted by molar-refractivity contribution is 0.104. The molecule has 0 aromatic heterocycles. The summed E-state index contributed by atoms with van der Waals surface area (Å²) in [5.74, 6) is 2.35. The third kappa shape index (κ3) is 3.77. The Labute approximate surface area is 141 Å². The topological polar surface area (TPSA) is 44.8 Å². The normalized spacial score (nSPS) is 12.8. The predicted octanol–water partition coefficient (Wildman–Crippen LogP) is 4.35. The monoisotopic (exact) mass is 324 g/mol. The van der Waals surface area contributed by atoms with Gasteiger partial charge in [0.1, 0.15) is 5.75 Å². The third-order valence-electron chi connectivity index (χ3n) is 3.55. The molecule has 124 valence electrons. The molecule has 2 aromatic carbocycles. The summed E-state index contributed by atoms with van der Waals surface area (Å²) in [5.41, 5.74) is 1.45. The van der Waals surface area contributed by atoms with Gasteiger partial charge in [0.15, 0.2) is 17.3 Å². The molecular formula is C20H20O4. The molecule has 0 aliphatic carbocycles. The number of fused-ring (bicyclic) bond motifs is 1. The minimum atomic E-state index is -0.0907. The van der Waals surface area contributed by atoms with Gasteiger partial charge in [-0.2, -0.15) is 0 Å². The Hall–Kier alpha value is -2.75. The molecule has 1 aliphatic rings. The van der Waals surface area contributed by atoms with Gasteiger partial charge in [0.2, 0.25) is 6.79 Å². The first-order valence-corrected chi connectivity index (χ1v) is 7.97. The highest BCUT2D eigenvalue weighted by atomic mass is 16.7. The molecule has 0 N–H and O–H groups in total. The van der Waals surface area contributed by atoms with E-state index in [1.807, 2.05) is 36.4 Å². The van der Waals surface area contributed by atoms with Crippen molar-refractivity contribution >= 4 is 11.9 Å². The van der Waals surface area contributed by atoms with Gasteiger partial charge < -0.3 is 14.2 Å². The van der Waals surface area contributed by atoms with Crippen molar-refractivity contribution in [2.75, 3.05) is 13.4 Å². The summed E-state index contributed by atoms with van der Waals surface area (Å²) in [4.78, 5) is 12.5. The Morgan fingerprint density at radius 1 is 1.17 bits per heavy atom. The average molecular weight is 324 g/mol. The summed E-state index contributed by atoms with van der Waals surface area (Å²) in [5, 5.41) is 0. The number of para-hydroxylation sites is 1. The lowest BCUT2D eigenvalue weighted by atomic mass is 10.1. The maximum absolute atomic E-state index is 12.5. The van der Waals surface area contributed by atoms with Gasteiger partial charge in [-0.25, -0.2) is 0 Å². The van der Waals surface area contributed by atoms with E-state index in [2.05, 4.69) is 13.8 Å². The van der Waals surface area contributed by atoms with Crippen molar-refractivity contribution < 1.29 is 19.0 Å². The fourth-order valence-corrected chi connectivity index (χ4v) is 2.33. The molecule has 3 rings (SSSR count). The Kier molecular flexibility index (Phi) is 4.85. The van der Waals surface area contributed by atoms with E-state index in [1.165, 1.54) is 0 Å². The highest BCUT2D eigenvalue weighted by Gasteiger charge is 2.13. The number of rotatable bonds is 6. The summed E-state index contributed by atoms with van der Waals surface area (Å²) in [6, 6.07) is 12.9. The minimum absolute atomic E-state index is 0.0907. The Bertz CT molecular complexity index is 762. The zero-order valence-corrected chi connectivity index (χ0v) is 13.8. The van der Waals surface area contributed by atoms with E-state index in [4.69, 9.17) is 14.2 Å². The van der Waals surface area contributed by atoms with Crippen LogP contribution in [0.3, 0.4) is 0 Å². The summed E-state index contributed by atoms with van der Waals surface area (Å²) >= 11 is 0. The standard InChI is InChI=1S/C20H20O4/c1-14(2)12-22-18-6-4-3-5-16(18)17(21)9-7-15-8-10-19-20(11-15)24-13-23-19/h3-11,14H,12-13H2,1-2H3. The molecular weight excluding hydrogens is 304 g/mol. The molecule has 4 nitrogen and oxygen atoms in total. The fraction of sp³-hybridized carbons (Fsp3) is 0.250. The molecule has 24 heavy (non-hydrogen) atoms. The number of hydrogen-bond acceptors (Lipinski definition) is 4. The van der Waals surface area contributed by atoms with Crippen LogP contribution in [-0.2, 0) is 0 Å². The van der Waals surface area contributed by atoms with Crippen LogP contribution < -0.4 is 14.2 Å². The molecule has 4 heteroatoms. The van der Waals surface area contributed by atoms with Crippen molar-refractivity contribution in [2.45, 2.75) is 13.8 Å². The van der Waals surface area contributed by atoms with E-state index in [1.54, 1.807) is 18.2 Å². The second-order valence-electron chi connectivity index (χ2n) is 6.01. The van der Waals surface area contributed by atoms with Crippen LogP contribution in [0.15, 0.2) is 48.5 Å². The van der Waals surface area contributed by atoms with Gasteiger partial charge in [-0.3, -0.25) is 4.79 Å². The summed E-state index contributed by atoms with van der Waals surface area (Å²) < 4.78 is 16.4. The van der Waals surface area contributed by atoms with Gasteiger partial charge in [-0.15, -0.1) is 0 Å². The third-order valence-corrected chi connectivity index (χ3v) is 3.55. The quantitative estimate of drug-likeness (QED) is 0.585. The number of carbonyl (C=O) groups excluding carboxylic acids is 1. The Balaban J connectivity index is 1.75. The van der Waals surface area contributed by atoms with E-state index >= 15 is 0 Å². The van der Waals surface area contributed by atoms with Gasteiger partial charge in [-0.05, 0) is 41.8 Å². The predicted molar refractivity (Wildman–Crippen MR) is 92.7 cm³/mol. The first kappa shape index (κ1) is 16.1. The highest BCUT2D eigenvalue weighted by molar-refractivity contribution is 6.08. The van der Waals surface area contributed by atoms with E-state index < -0.39 is 0 Å². The van der Waals surface area contributed by atoms with Crippen LogP contribution in [-0.4, -0.2) is 19.2 Å². The molecule has 0 saturated carbocycles. The van der Waals surface area contributed by atoms with E-state index in [0.29, 0.717) is 29.6 Å². The van der Waals surface area contributed by atoms with Gasteiger partial charge >= 0.3 is 0 Å². The second-order valence-corrected chi connectivity index (χ2v) is 6.01. The maximum atomic E-state index is 12.5. The average Bonchev–Trinajstić information content (AvgIpc) is 3.05. The highest BCUT2D eigenvalue weighted by Crippen LogP contribution is 2.32. The molecule has 0 atom stereocenters. The smallest absolute Gasteiger partial charge is 0.231 e. The van der Waals surface area contributed by atoms with Crippen LogP contribution in [0.4, 0.5) is 0 Å². The largest absolute Gasteiger partial charge is 0.493 e. The number of ketones is 1. The van der Waals surface area contributed by atoms with Crippen molar-refractivity contribution in [3.8, 4) is 17.2 Å². The molecule has 0 amide bonds. The van der Waals surface area contributed by atoms with E-state index in [-0.39, 0.29) is 12.6 Å². The number of benzene rings is 2. The number of ether oxygens (including phenoxy) is 3. The molecule has 0 fully saturated rings. The van der Waals surface area contributed by atoms with E-state index in [0.717, 1.165) is 11.3 Å². The van der Waals surface area contributed by atoms with Crippen LogP contribution in [0.2, 0.25) is 0 Å². The van der Waals surface area contributed by atoms with Crippen molar-refractivity contribution in [3.05, 3.63) is 59.7 Å². The van der Waals surface area contributed by atoms with Crippen molar-refractivity contribution in [3.63, 3.8) is 0 Å². The van der Waals surface area contributed by atoms with Gasteiger partial charge in [0.25, 0.3) is 0 Å². The number of allylic oxidation sites excluding steroid dienone is 1. The molecule has 0 spiro atoms. The van der Waals surface area contributed by atoms with Crippen LogP contribution in [0.1, 0.15) is 29.8 Å². The van der Waals surface area contributed by atoms with Gasteiger partial charge in [0, 0.05) is 0 Å². The van der Waals surface area contributed by atoms with Crippen LogP contribution in [0.25, 0.3) is 6.08 Å². The summed E-state index contributed by atoms with van der Waals surface area (Å²) in [6.07, 6.45) is 3.32. The maximum Gasteiger partial charge on any atom is 0.231 e.